The summed E-state index contributed by atoms with van der Waals surface area (Å²) in [7, 11) is 0. The summed E-state index contributed by atoms with van der Waals surface area (Å²) in [6.45, 7) is 9.84. The quantitative estimate of drug-likeness (QED) is 0.785. The van der Waals surface area contributed by atoms with Crippen LogP contribution in [-0.4, -0.2) is 34.8 Å². The van der Waals surface area contributed by atoms with Crippen molar-refractivity contribution in [2.75, 3.05) is 0 Å². The van der Waals surface area contributed by atoms with Crippen molar-refractivity contribution in [3.8, 4) is 0 Å². The van der Waals surface area contributed by atoms with E-state index in [-0.39, 0.29) is 29.9 Å². The minimum atomic E-state index is -0.354. The number of carbonyl (C=O) groups excluding carboxylic acids is 2. The van der Waals surface area contributed by atoms with E-state index in [1.54, 1.807) is 11.8 Å². The highest BCUT2D eigenvalue weighted by Crippen LogP contribution is 2.19. The molecule has 4 nitrogen and oxygen atoms in total. The van der Waals surface area contributed by atoms with E-state index in [9.17, 15) is 9.59 Å². The largest absolute Gasteiger partial charge is 0.343 e. The first kappa shape index (κ1) is 13.0. The molecule has 16 heavy (non-hydrogen) atoms. The second kappa shape index (κ2) is 4.85. The molecule has 0 aliphatic carbocycles. The first-order valence-corrected chi connectivity index (χ1v) is 6.02. The molecule has 3 unspecified atom stereocenters. The van der Waals surface area contributed by atoms with Crippen LogP contribution in [0.4, 0.5) is 0 Å². The van der Waals surface area contributed by atoms with Crippen molar-refractivity contribution >= 4 is 11.8 Å². The van der Waals surface area contributed by atoms with Crippen LogP contribution >= 0.6 is 0 Å². The maximum Gasteiger partial charge on any atom is 0.246 e. The highest BCUT2D eigenvalue weighted by molar-refractivity contribution is 5.96. The molecule has 3 atom stereocenters. The van der Waals surface area contributed by atoms with E-state index in [4.69, 9.17) is 0 Å². The molecule has 0 aromatic rings. The van der Waals surface area contributed by atoms with Crippen molar-refractivity contribution < 1.29 is 9.59 Å². The predicted molar refractivity (Wildman–Crippen MR) is 62.8 cm³/mol. The molecule has 1 aliphatic rings. The van der Waals surface area contributed by atoms with E-state index in [1.165, 1.54) is 0 Å². The van der Waals surface area contributed by atoms with E-state index in [0.29, 0.717) is 12.3 Å². The number of carbonyl (C=O) groups is 2. The van der Waals surface area contributed by atoms with Crippen LogP contribution in [0.15, 0.2) is 0 Å². The Morgan fingerprint density at radius 2 is 1.88 bits per heavy atom. The van der Waals surface area contributed by atoms with Gasteiger partial charge in [-0.15, -0.1) is 0 Å². The summed E-state index contributed by atoms with van der Waals surface area (Å²) in [4.78, 5) is 25.6. The summed E-state index contributed by atoms with van der Waals surface area (Å²) in [5.41, 5.74) is 0. The fourth-order valence-electron chi connectivity index (χ4n) is 2.00. The molecule has 1 fully saturated rings. The normalized spacial score (nSPS) is 28.2. The first-order chi connectivity index (χ1) is 7.40. The molecule has 0 aromatic carbocycles. The number of nitrogens with one attached hydrogen (secondary N) is 1. The van der Waals surface area contributed by atoms with Crippen LogP contribution in [0.3, 0.4) is 0 Å². The molecular weight excluding hydrogens is 204 g/mol. The molecule has 0 radical (unpaired) electrons. The number of rotatable bonds is 3. The van der Waals surface area contributed by atoms with E-state index in [2.05, 4.69) is 19.2 Å². The molecule has 0 spiro atoms. The molecule has 1 heterocycles. The summed E-state index contributed by atoms with van der Waals surface area (Å²) in [5, 5.41) is 2.76. The van der Waals surface area contributed by atoms with Gasteiger partial charge in [-0.2, -0.15) is 0 Å². The van der Waals surface area contributed by atoms with Gasteiger partial charge < -0.3 is 10.2 Å². The van der Waals surface area contributed by atoms with Crippen molar-refractivity contribution in [3.63, 3.8) is 0 Å². The van der Waals surface area contributed by atoms with Gasteiger partial charge in [0.15, 0.2) is 0 Å². The van der Waals surface area contributed by atoms with Crippen LogP contribution in [0.25, 0.3) is 0 Å². The molecule has 92 valence electrons. The smallest absolute Gasteiger partial charge is 0.246 e. The monoisotopic (exact) mass is 226 g/mol. The van der Waals surface area contributed by atoms with Crippen molar-refractivity contribution in [2.45, 2.75) is 59.2 Å². The first-order valence-electron chi connectivity index (χ1n) is 6.02. The second-order valence-corrected chi connectivity index (χ2v) is 4.88. The number of hydrogen-bond acceptors (Lipinski definition) is 2. The molecule has 1 rings (SSSR count). The third-order valence-corrected chi connectivity index (χ3v) is 3.48. The van der Waals surface area contributed by atoms with Crippen LogP contribution in [-0.2, 0) is 9.59 Å². The average Bonchev–Trinajstić information content (AvgIpc) is 2.23. The SMILES string of the molecule is CCC1NC(=O)C(C)N(C(C)C(C)C)C1=O. The van der Waals surface area contributed by atoms with Crippen LogP contribution in [0.5, 0.6) is 0 Å². The second-order valence-electron chi connectivity index (χ2n) is 4.88. The number of hydrogen-bond donors (Lipinski definition) is 1. The highest BCUT2D eigenvalue weighted by atomic mass is 16.2. The molecule has 0 aromatic heterocycles. The van der Waals surface area contributed by atoms with Gasteiger partial charge in [0.1, 0.15) is 12.1 Å². The molecule has 0 saturated carbocycles. The Balaban J connectivity index is 2.94. The van der Waals surface area contributed by atoms with E-state index in [0.717, 1.165) is 0 Å². The van der Waals surface area contributed by atoms with Gasteiger partial charge >= 0.3 is 0 Å². The van der Waals surface area contributed by atoms with Crippen LogP contribution in [0.1, 0.15) is 41.0 Å². The molecule has 2 amide bonds. The lowest BCUT2D eigenvalue weighted by Gasteiger charge is -2.42. The molecule has 1 saturated heterocycles. The van der Waals surface area contributed by atoms with Crippen LogP contribution in [0, 0.1) is 5.92 Å². The number of amides is 2. The Morgan fingerprint density at radius 1 is 1.31 bits per heavy atom. The Labute approximate surface area is 97.4 Å². The lowest BCUT2D eigenvalue weighted by molar-refractivity contribution is -0.152. The van der Waals surface area contributed by atoms with Gasteiger partial charge in [-0.3, -0.25) is 9.59 Å². The summed E-state index contributed by atoms with van der Waals surface area (Å²) in [6.07, 6.45) is 0.651. The van der Waals surface area contributed by atoms with Gasteiger partial charge in [-0.25, -0.2) is 0 Å². The summed E-state index contributed by atoms with van der Waals surface area (Å²) in [6, 6.07) is -0.597. The van der Waals surface area contributed by atoms with Gasteiger partial charge in [0.05, 0.1) is 0 Å². The number of piperazine rings is 1. The van der Waals surface area contributed by atoms with Gasteiger partial charge in [0.25, 0.3) is 0 Å². The Hall–Kier alpha value is -1.06. The topological polar surface area (TPSA) is 49.4 Å². The van der Waals surface area contributed by atoms with Crippen molar-refractivity contribution in [2.24, 2.45) is 5.92 Å². The van der Waals surface area contributed by atoms with Crippen molar-refractivity contribution in [1.29, 1.82) is 0 Å². The van der Waals surface area contributed by atoms with E-state index in [1.807, 2.05) is 13.8 Å². The maximum absolute atomic E-state index is 12.2. The Bertz CT molecular complexity index is 289. The Morgan fingerprint density at radius 3 is 2.31 bits per heavy atom. The number of nitrogens with zero attached hydrogens (tertiary/aromatic N) is 1. The zero-order valence-corrected chi connectivity index (χ0v) is 10.8. The van der Waals surface area contributed by atoms with Crippen LogP contribution < -0.4 is 5.32 Å². The van der Waals surface area contributed by atoms with Gasteiger partial charge in [-0.1, -0.05) is 20.8 Å². The summed E-state index contributed by atoms with van der Waals surface area (Å²) >= 11 is 0. The standard InChI is InChI=1S/C12H22N2O2/c1-6-10-12(16)14(8(4)7(2)3)9(5)11(15)13-10/h7-10H,6H2,1-5H3,(H,13,15). The van der Waals surface area contributed by atoms with Gasteiger partial charge in [0.2, 0.25) is 11.8 Å². The van der Waals surface area contributed by atoms with Crippen molar-refractivity contribution in [1.82, 2.24) is 10.2 Å². The summed E-state index contributed by atoms with van der Waals surface area (Å²) in [5.74, 6) is 0.365. The van der Waals surface area contributed by atoms with E-state index < -0.39 is 0 Å². The van der Waals surface area contributed by atoms with Gasteiger partial charge in [-0.05, 0) is 26.2 Å². The lowest BCUT2D eigenvalue weighted by atomic mass is 9.98. The fourth-order valence-corrected chi connectivity index (χ4v) is 2.00. The molecule has 0 bridgehead atoms. The lowest BCUT2D eigenvalue weighted by Crippen LogP contribution is -2.64. The average molecular weight is 226 g/mol. The molecule has 1 aliphatic heterocycles. The van der Waals surface area contributed by atoms with Crippen molar-refractivity contribution in [3.05, 3.63) is 0 Å². The van der Waals surface area contributed by atoms with Crippen LogP contribution in [0.2, 0.25) is 0 Å². The molecular formula is C12H22N2O2. The molecule has 1 N–H and O–H groups in total. The zero-order valence-electron chi connectivity index (χ0n) is 10.8. The fraction of sp³-hybridized carbons (Fsp3) is 0.833. The van der Waals surface area contributed by atoms with Gasteiger partial charge in [0, 0.05) is 6.04 Å². The maximum atomic E-state index is 12.2. The minimum Gasteiger partial charge on any atom is -0.343 e. The zero-order chi connectivity index (χ0) is 12.5. The minimum absolute atomic E-state index is 0.0426. The summed E-state index contributed by atoms with van der Waals surface area (Å²) < 4.78 is 0. The molecule has 4 heteroatoms. The van der Waals surface area contributed by atoms with E-state index >= 15 is 0 Å². The third kappa shape index (κ3) is 2.20. The Kier molecular flexibility index (Phi) is 3.94. The predicted octanol–water partition coefficient (Wildman–Crippen LogP) is 1.16. The highest BCUT2D eigenvalue weighted by Gasteiger charge is 2.40. The third-order valence-electron chi connectivity index (χ3n) is 3.48.